The lowest BCUT2D eigenvalue weighted by Gasteiger charge is -2.27. The molecule has 2 rings (SSSR count). The van der Waals surface area contributed by atoms with E-state index in [1.165, 1.54) is 6.07 Å². The summed E-state index contributed by atoms with van der Waals surface area (Å²) in [6, 6.07) is 10.4. The highest BCUT2D eigenvalue weighted by molar-refractivity contribution is 9.10. The van der Waals surface area contributed by atoms with Crippen LogP contribution in [0.5, 0.6) is 0 Å². The first-order valence-corrected chi connectivity index (χ1v) is 7.08. The van der Waals surface area contributed by atoms with Crippen molar-refractivity contribution < 1.29 is 18.3 Å². The summed E-state index contributed by atoms with van der Waals surface area (Å²) in [6.45, 7) is 3.14. The van der Waals surface area contributed by atoms with Crippen LogP contribution in [-0.4, -0.2) is 5.11 Å². The average Bonchev–Trinajstić information content (AvgIpc) is 2.37. The lowest BCUT2D eigenvalue weighted by molar-refractivity contribution is -0.137. The van der Waals surface area contributed by atoms with Crippen LogP contribution in [0.1, 0.15) is 29.2 Å². The third kappa shape index (κ3) is 3.30. The molecule has 2 aromatic rings. The average molecular weight is 359 g/mol. The van der Waals surface area contributed by atoms with Crippen LogP contribution in [0.15, 0.2) is 46.9 Å². The van der Waals surface area contributed by atoms with Crippen molar-refractivity contribution in [2.24, 2.45) is 0 Å². The Kier molecular flexibility index (Phi) is 4.17. The summed E-state index contributed by atoms with van der Waals surface area (Å²) < 4.78 is 39.0. The van der Waals surface area contributed by atoms with Gasteiger partial charge in [0.15, 0.2) is 0 Å². The van der Waals surface area contributed by atoms with E-state index >= 15 is 0 Å². The molecule has 0 heterocycles. The van der Waals surface area contributed by atoms with E-state index in [0.29, 0.717) is 16.7 Å². The Labute approximate surface area is 129 Å². The maximum Gasteiger partial charge on any atom is 0.416 e. The second kappa shape index (κ2) is 5.46. The van der Waals surface area contributed by atoms with E-state index in [2.05, 4.69) is 15.9 Å². The van der Waals surface area contributed by atoms with Crippen molar-refractivity contribution in [3.05, 3.63) is 69.2 Å². The minimum absolute atomic E-state index is 0.401. The van der Waals surface area contributed by atoms with E-state index in [-0.39, 0.29) is 0 Å². The molecule has 0 bridgehead atoms. The van der Waals surface area contributed by atoms with E-state index in [1.807, 2.05) is 0 Å². The number of benzene rings is 2. The summed E-state index contributed by atoms with van der Waals surface area (Å²) >= 11 is 3.31. The third-order valence-corrected chi connectivity index (χ3v) is 4.01. The molecule has 0 saturated carbocycles. The molecule has 0 aromatic heterocycles. The predicted octanol–water partition coefficient (Wildman–Crippen LogP) is 5.03. The second-order valence-corrected chi connectivity index (χ2v) is 6.02. The van der Waals surface area contributed by atoms with Crippen molar-refractivity contribution in [1.29, 1.82) is 0 Å². The van der Waals surface area contributed by atoms with E-state index in [1.54, 1.807) is 38.1 Å². The summed E-state index contributed by atoms with van der Waals surface area (Å²) in [4.78, 5) is 0. The molecule has 0 aliphatic rings. The molecule has 0 radical (unpaired) electrons. The van der Waals surface area contributed by atoms with Crippen LogP contribution >= 0.6 is 15.9 Å². The molecule has 0 saturated heterocycles. The van der Waals surface area contributed by atoms with Crippen LogP contribution in [0.4, 0.5) is 13.2 Å². The standard InChI is InChI=1S/C16H14BrF3O/c1-10-9-12(16(18,19)20)5-8-14(10)15(2,21)11-3-6-13(17)7-4-11/h3-9,21H,1-2H3. The Morgan fingerprint density at radius 1 is 0.952 bits per heavy atom. The first kappa shape index (κ1) is 16.0. The zero-order valence-electron chi connectivity index (χ0n) is 11.5. The van der Waals surface area contributed by atoms with Crippen LogP contribution < -0.4 is 0 Å². The topological polar surface area (TPSA) is 20.2 Å². The van der Waals surface area contributed by atoms with Crippen LogP contribution in [0.2, 0.25) is 0 Å². The lowest BCUT2D eigenvalue weighted by Crippen LogP contribution is -2.24. The summed E-state index contributed by atoms with van der Waals surface area (Å²) in [5, 5.41) is 10.7. The molecule has 1 unspecified atom stereocenters. The molecule has 0 amide bonds. The Morgan fingerprint density at radius 2 is 1.48 bits per heavy atom. The van der Waals surface area contributed by atoms with Gasteiger partial charge < -0.3 is 5.11 Å². The van der Waals surface area contributed by atoms with Gasteiger partial charge in [0.05, 0.1) is 5.56 Å². The Balaban J connectivity index is 2.47. The molecule has 1 N–H and O–H groups in total. The number of alkyl halides is 3. The number of aryl methyl sites for hydroxylation is 1. The first-order valence-electron chi connectivity index (χ1n) is 6.29. The minimum atomic E-state index is -4.38. The molecule has 21 heavy (non-hydrogen) atoms. The largest absolute Gasteiger partial charge is 0.416 e. The zero-order valence-corrected chi connectivity index (χ0v) is 13.1. The Morgan fingerprint density at radius 3 is 1.95 bits per heavy atom. The van der Waals surface area contributed by atoms with E-state index in [9.17, 15) is 18.3 Å². The van der Waals surface area contributed by atoms with Gasteiger partial charge in [0.1, 0.15) is 5.60 Å². The van der Waals surface area contributed by atoms with Crippen molar-refractivity contribution in [3.8, 4) is 0 Å². The number of halogens is 4. The molecule has 112 valence electrons. The highest BCUT2D eigenvalue weighted by Crippen LogP contribution is 2.36. The highest BCUT2D eigenvalue weighted by atomic mass is 79.9. The van der Waals surface area contributed by atoms with Gasteiger partial charge in [-0.25, -0.2) is 0 Å². The summed E-state index contributed by atoms with van der Waals surface area (Å²) in [6.07, 6.45) is -4.38. The minimum Gasteiger partial charge on any atom is -0.381 e. The maximum absolute atomic E-state index is 12.7. The molecular weight excluding hydrogens is 345 g/mol. The van der Waals surface area contributed by atoms with Crippen LogP contribution in [-0.2, 0) is 11.8 Å². The fourth-order valence-corrected chi connectivity index (χ4v) is 2.58. The number of rotatable bonds is 2. The van der Waals surface area contributed by atoms with Crippen molar-refractivity contribution in [1.82, 2.24) is 0 Å². The molecule has 0 spiro atoms. The number of hydrogen-bond donors (Lipinski definition) is 1. The fourth-order valence-electron chi connectivity index (χ4n) is 2.32. The van der Waals surface area contributed by atoms with Gasteiger partial charge in [-0.3, -0.25) is 0 Å². The van der Waals surface area contributed by atoms with Crippen molar-refractivity contribution >= 4 is 15.9 Å². The summed E-state index contributed by atoms with van der Waals surface area (Å²) in [5.41, 5.74) is -0.589. The molecule has 0 aliphatic heterocycles. The normalized spacial score (nSPS) is 14.8. The zero-order chi connectivity index (χ0) is 15.8. The summed E-state index contributed by atoms with van der Waals surface area (Å²) in [7, 11) is 0. The van der Waals surface area contributed by atoms with Gasteiger partial charge in [-0.1, -0.05) is 34.1 Å². The molecule has 1 atom stereocenters. The quantitative estimate of drug-likeness (QED) is 0.797. The third-order valence-electron chi connectivity index (χ3n) is 3.48. The lowest BCUT2D eigenvalue weighted by atomic mass is 9.85. The molecule has 0 aliphatic carbocycles. The molecule has 5 heteroatoms. The van der Waals surface area contributed by atoms with Gasteiger partial charge in [0, 0.05) is 4.47 Å². The van der Waals surface area contributed by atoms with E-state index < -0.39 is 17.3 Å². The van der Waals surface area contributed by atoms with Crippen LogP contribution in [0.25, 0.3) is 0 Å². The number of aliphatic hydroxyl groups is 1. The van der Waals surface area contributed by atoms with E-state index in [0.717, 1.165) is 16.6 Å². The monoisotopic (exact) mass is 358 g/mol. The molecule has 2 aromatic carbocycles. The van der Waals surface area contributed by atoms with Crippen molar-refractivity contribution in [2.75, 3.05) is 0 Å². The van der Waals surface area contributed by atoms with Gasteiger partial charge in [-0.2, -0.15) is 13.2 Å². The smallest absolute Gasteiger partial charge is 0.381 e. The van der Waals surface area contributed by atoms with Crippen molar-refractivity contribution in [2.45, 2.75) is 25.6 Å². The Hall–Kier alpha value is -1.33. The predicted molar refractivity (Wildman–Crippen MR) is 79.0 cm³/mol. The Bertz CT molecular complexity index is 646. The molecule has 0 fully saturated rings. The van der Waals surface area contributed by atoms with Gasteiger partial charge in [0.25, 0.3) is 0 Å². The highest BCUT2D eigenvalue weighted by Gasteiger charge is 2.33. The fraction of sp³-hybridized carbons (Fsp3) is 0.250. The van der Waals surface area contributed by atoms with Gasteiger partial charge in [-0.15, -0.1) is 0 Å². The van der Waals surface area contributed by atoms with Crippen LogP contribution in [0.3, 0.4) is 0 Å². The van der Waals surface area contributed by atoms with Gasteiger partial charge in [0.2, 0.25) is 0 Å². The molecule has 1 nitrogen and oxygen atoms in total. The van der Waals surface area contributed by atoms with Gasteiger partial charge >= 0.3 is 6.18 Å². The first-order chi connectivity index (χ1) is 9.62. The maximum atomic E-state index is 12.7. The summed E-state index contributed by atoms with van der Waals surface area (Å²) in [5.74, 6) is 0. The SMILES string of the molecule is Cc1cc(C(F)(F)F)ccc1C(C)(O)c1ccc(Br)cc1. The van der Waals surface area contributed by atoms with Crippen molar-refractivity contribution in [3.63, 3.8) is 0 Å². The molecular formula is C16H14BrF3O. The van der Waals surface area contributed by atoms with Gasteiger partial charge in [-0.05, 0) is 54.8 Å². The van der Waals surface area contributed by atoms with Crippen LogP contribution in [0, 0.1) is 6.92 Å². The second-order valence-electron chi connectivity index (χ2n) is 5.11. The van der Waals surface area contributed by atoms with E-state index in [4.69, 9.17) is 0 Å². The number of hydrogen-bond acceptors (Lipinski definition) is 1.